The summed E-state index contributed by atoms with van der Waals surface area (Å²) < 4.78 is 5.06. The molecule has 17 heavy (non-hydrogen) atoms. The largest absolute Gasteiger partial charge is 0.462 e. The van der Waals surface area contributed by atoms with Crippen molar-refractivity contribution in [2.75, 3.05) is 6.61 Å². The molecular formula is C14H16O3. The van der Waals surface area contributed by atoms with Crippen molar-refractivity contribution in [2.24, 2.45) is 0 Å². The number of ether oxygens (including phenoxy) is 1. The van der Waals surface area contributed by atoms with Crippen molar-refractivity contribution in [3.8, 4) is 0 Å². The number of rotatable bonds is 5. The van der Waals surface area contributed by atoms with E-state index in [-0.39, 0.29) is 18.5 Å². The first kappa shape index (κ1) is 13.2. The van der Waals surface area contributed by atoms with Gasteiger partial charge in [0, 0.05) is 17.6 Å². The molecule has 1 rings (SSSR count). The highest BCUT2D eigenvalue weighted by atomic mass is 16.5. The summed E-state index contributed by atoms with van der Waals surface area (Å²) in [5.74, 6) is -0.353. The molecule has 3 heteroatoms. The fraction of sp³-hybridized carbons (Fsp3) is 0.286. The summed E-state index contributed by atoms with van der Waals surface area (Å²) in [4.78, 5) is 22.0. The van der Waals surface area contributed by atoms with Gasteiger partial charge in [-0.1, -0.05) is 37.3 Å². The minimum Gasteiger partial charge on any atom is -0.462 e. The van der Waals surface area contributed by atoms with Gasteiger partial charge in [0.15, 0.2) is 0 Å². The van der Waals surface area contributed by atoms with E-state index < -0.39 is 0 Å². The van der Waals surface area contributed by atoms with Gasteiger partial charge < -0.3 is 4.74 Å². The number of allylic oxidation sites excluding steroid dienone is 1. The van der Waals surface area contributed by atoms with Gasteiger partial charge in [0.1, 0.15) is 6.29 Å². The van der Waals surface area contributed by atoms with Crippen LogP contribution >= 0.6 is 0 Å². The van der Waals surface area contributed by atoms with Gasteiger partial charge in [0.2, 0.25) is 0 Å². The van der Waals surface area contributed by atoms with E-state index in [0.29, 0.717) is 5.56 Å². The lowest BCUT2D eigenvalue weighted by Gasteiger charge is -2.13. The average molecular weight is 232 g/mol. The zero-order valence-corrected chi connectivity index (χ0v) is 10.1. The number of benzene rings is 1. The van der Waals surface area contributed by atoms with E-state index in [1.54, 1.807) is 19.1 Å². The molecule has 0 aliphatic carbocycles. The minimum absolute atomic E-state index is 0.00519. The summed E-state index contributed by atoms with van der Waals surface area (Å²) in [5, 5.41) is 0. The summed E-state index contributed by atoms with van der Waals surface area (Å²) in [5.41, 5.74) is 1.54. The molecular weight excluding hydrogens is 216 g/mol. The summed E-state index contributed by atoms with van der Waals surface area (Å²) in [6, 6.07) is 7.31. The van der Waals surface area contributed by atoms with Crippen LogP contribution in [0.5, 0.6) is 0 Å². The molecule has 3 nitrogen and oxygen atoms in total. The molecule has 0 radical (unpaired) electrons. The van der Waals surface area contributed by atoms with E-state index in [1.165, 1.54) is 6.08 Å². The molecule has 0 aromatic heterocycles. The Hall–Kier alpha value is -1.90. The predicted molar refractivity (Wildman–Crippen MR) is 66.0 cm³/mol. The highest BCUT2D eigenvalue weighted by Gasteiger charge is 2.11. The molecule has 0 aliphatic rings. The molecule has 0 heterocycles. The minimum atomic E-state index is -0.358. The molecule has 1 unspecified atom stereocenters. The van der Waals surface area contributed by atoms with Gasteiger partial charge in [-0.2, -0.15) is 0 Å². The standard InChI is InChI=1S/C14H16O3/c1-3-6-14(16)17-10-11(2)13-8-5-4-7-12(13)9-15/h3-9,11H,10H2,1-2H3/b6-3+. The molecule has 0 N–H and O–H groups in total. The van der Waals surface area contributed by atoms with E-state index >= 15 is 0 Å². The van der Waals surface area contributed by atoms with Crippen LogP contribution in [0.15, 0.2) is 36.4 Å². The Balaban J connectivity index is 2.66. The topological polar surface area (TPSA) is 43.4 Å². The molecule has 0 saturated heterocycles. The maximum atomic E-state index is 11.2. The summed E-state index contributed by atoms with van der Waals surface area (Å²) in [6.45, 7) is 3.95. The molecule has 0 bridgehead atoms. The Morgan fingerprint density at radius 2 is 2.12 bits per heavy atom. The van der Waals surface area contributed by atoms with Crippen LogP contribution in [-0.4, -0.2) is 18.9 Å². The number of aldehydes is 1. The number of esters is 1. The molecule has 0 amide bonds. The smallest absolute Gasteiger partial charge is 0.330 e. The Labute approximate surface area is 101 Å². The molecule has 0 aliphatic heterocycles. The van der Waals surface area contributed by atoms with Gasteiger partial charge in [0.05, 0.1) is 6.61 Å². The van der Waals surface area contributed by atoms with Gasteiger partial charge in [-0.05, 0) is 12.5 Å². The summed E-state index contributed by atoms with van der Waals surface area (Å²) in [6.07, 6.45) is 3.82. The highest BCUT2D eigenvalue weighted by molar-refractivity contribution is 5.82. The monoisotopic (exact) mass is 232 g/mol. The van der Waals surface area contributed by atoms with Crippen molar-refractivity contribution in [3.63, 3.8) is 0 Å². The normalized spacial score (nSPS) is 12.4. The van der Waals surface area contributed by atoms with Gasteiger partial charge in [-0.25, -0.2) is 4.79 Å². The van der Waals surface area contributed by atoms with E-state index in [4.69, 9.17) is 4.74 Å². The summed E-state index contributed by atoms with van der Waals surface area (Å²) >= 11 is 0. The Morgan fingerprint density at radius 3 is 2.76 bits per heavy atom. The molecule has 1 aromatic carbocycles. The van der Waals surface area contributed by atoms with Crippen LogP contribution < -0.4 is 0 Å². The zero-order chi connectivity index (χ0) is 12.7. The third-order valence-electron chi connectivity index (χ3n) is 2.43. The lowest BCUT2D eigenvalue weighted by molar-refractivity contribution is -0.138. The molecule has 0 spiro atoms. The van der Waals surface area contributed by atoms with E-state index in [1.807, 2.05) is 25.1 Å². The second-order valence-corrected chi connectivity index (χ2v) is 3.78. The van der Waals surface area contributed by atoms with E-state index in [2.05, 4.69) is 0 Å². The number of hydrogen-bond donors (Lipinski definition) is 0. The van der Waals surface area contributed by atoms with Gasteiger partial charge >= 0.3 is 5.97 Å². The Bertz CT molecular complexity index is 421. The molecule has 0 saturated carbocycles. The number of carbonyl (C=O) groups excluding carboxylic acids is 2. The lowest BCUT2D eigenvalue weighted by Crippen LogP contribution is -2.10. The van der Waals surface area contributed by atoms with Crippen molar-refractivity contribution in [1.82, 2.24) is 0 Å². The van der Waals surface area contributed by atoms with Crippen molar-refractivity contribution in [2.45, 2.75) is 19.8 Å². The fourth-order valence-electron chi connectivity index (χ4n) is 1.55. The summed E-state index contributed by atoms with van der Waals surface area (Å²) in [7, 11) is 0. The van der Waals surface area contributed by atoms with Crippen molar-refractivity contribution in [1.29, 1.82) is 0 Å². The fourth-order valence-corrected chi connectivity index (χ4v) is 1.55. The van der Waals surface area contributed by atoms with Crippen molar-refractivity contribution >= 4 is 12.3 Å². The second kappa shape index (κ2) is 6.63. The zero-order valence-electron chi connectivity index (χ0n) is 10.1. The third-order valence-corrected chi connectivity index (χ3v) is 2.43. The van der Waals surface area contributed by atoms with Gasteiger partial charge in [-0.3, -0.25) is 4.79 Å². The molecule has 0 fully saturated rings. The lowest BCUT2D eigenvalue weighted by atomic mass is 9.97. The van der Waals surface area contributed by atoms with Crippen LogP contribution in [0.4, 0.5) is 0 Å². The molecule has 1 atom stereocenters. The highest BCUT2D eigenvalue weighted by Crippen LogP contribution is 2.18. The third kappa shape index (κ3) is 3.87. The maximum absolute atomic E-state index is 11.2. The quantitative estimate of drug-likeness (QED) is 0.445. The van der Waals surface area contributed by atoms with Crippen LogP contribution in [0.3, 0.4) is 0 Å². The van der Waals surface area contributed by atoms with Crippen LogP contribution in [0.25, 0.3) is 0 Å². The van der Waals surface area contributed by atoms with Crippen LogP contribution in [-0.2, 0) is 9.53 Å². The number of carbonyl (C=O) groups is 2. The Morgan fingerprint density at radius 1 is 1.41 bits per heavy atom. The molecule has 90 valence electrons. The number of hydrogen-bond acceptors (Lipinski definition) is 3. The van der Waals surface area contributed by atoms with E-state index in [9.17, 15) is 9.59 Å². The first-order valence-corrected chi connectivity index (χ1v) is 5.52. The first-order chi connectivity index (χ1) is 8.19. The predicted octanol–water partition coefficient (Wildman–Crippen LogP) is 2.72. The second-order valence-electron chi connectivity index (χ2n) is 3.78. The van der Waals surface area contributed by atoms with Crippen molar-refractivity contribution < 1.29 is 14.3 Å². The first-order valence-electron chi connectivity index (χ1n) is 5.52. The van der Waals surface area contributed by atoms with E-state index in [0.717, 1.165) is 11.8 Å². The van der Waals surface area contributed by atoms with Crippen molar-refractivity contribution in [3.05, 3.63) is 47.5 Å². The van der Waals surface area contributed by atoms with Crippen LogP contribution in [0.2, 0.25) is 0 Å². The van der Waals surface area contributed by atoms with Gasteiger partial charge in [-0.15, -0.1) is 0 Å². The van der Waals surface area contributed by atoms with Crippen LogP contribution in [0, 0.1) is 0 Å². The average Bonchev–Trinajstić information content (AvgIpc) is 2.36. The SMILES string of the molecule is C/C=C/C(=O)OCC(C)c1ccccc1C=O. The Kier molecular flexibility index (Phi) is 5.14. The van der Waals surface area contributed by atoms with Crippen LogP contribution in [0.1, 0.15) is 35.7 Å². The van der Waals surface area contributed by atoms with Gasteiger partial charge in [0.25, 0.3) is 0 Å². The molecule has 1 aromatic rings. The maximum Gasteiger partial charge on any atom is 0.330 e.